The second-order valence-corrected chi connectivity index (χ2v) is 6.35. The fourth-order valence-electron chi connectivity index (χ4n) is 3.19. The number of carbonyl (C=O) groups is 1. The van der Waals surface area contributed by atoms with E-state index in [4.69, 9.17) is 10.5 Å². The Morgan fingerprint density at radius 2 is 2.16 bits per heavy atom. The Morgan fingerprint density at radius 1 is 1.44 bits per heavy atom. The second kappa shape index (κ2) is 6.64. The van der Waals surface area contributed by atoms with Crippen molar-refractivity contribution in [2.45, 2.75) is 19.8 Å². The number of rotatable bonds is 5. The summed E-state index contributed by atoms with van der Waals surface area (Å²) in [6.45, 7) is 3.12. The molecule has 3 rings (SSSR count). The lowest BCUT2D eigenvalue weighted by Crippen LogP contribution is -2.46. The highest BCUT2D eigenvalue weighted by atomic mass is 16.6. The van der Waals surface area contributed by atoms with Crippen molar-refractivity contribution in [1.29, 1.82) is 0 Å². The first kappa shape index (κ1) is 17.1. The van der Waals surface area contributed by atoms with Crippen LogP contribution in [0, 0.1) is 22.5 Å². The Hall–Kier alpha value is -2.74. The highest BCUT2D eigenvalue weighted by Crippen LogP contribution is 2.33. The highest BCUT2D eigenvalue weighted by Gasteiger charge is 2.38. The molecule has 0 bridgehead atoms. The molecule has 0 aliphatic carbocycles. The van der Waals surface area contributed by atoms with Crippen molar-refractivity contribution in [1.82, 2.24) is 4.98 Å². The number of hydrogen-bond acceptors (Lipinski definition) is 6. The summed E-state index contributed by atoms with van der Waals surface area (Å²) in [6, 6.07) is 6.65. The zero-order valence-corrected chi connectivity index (χ0v) is 13.9. The minimum atomic E-state index is -0.678. The molecule has 0 spiro atoms. The molecule has 2 aromatic rings. The minimum absolute atomic E-state index is 0.0417. The van der Waals surface area contributed by atoms with Crippen molar-refractivity contribution in [2.75, 3.05) is 25.1 Å². The largest absolute Gasteiger partial charge is 0.383 e. The first-order chi connectivity index (χ1) is 11.9. The van der Waals surface area contributed by atoms with Crippen molar-refractivity contribution in [3.8, 4) is 0 Å². The molecule has 0 radical (unpaired) electrons. The van der Waals surface area contributed by atoms with Crippen LogP contribution in [-0.2, 0) is 9.53 Å². The molecule has 1 aromatic carbocycles. The van der Waals surface area contributed by atoms with Gasteiger partial charge in [-0.15, -0.1) is 0 Å². The molecule has 3 N–H and O–H groups in total. The third-order valence-corrected chi connectivity index (χ3v) is 4.73. The lowest BCUT2D eigenvalue weighted by atomic mass is 9.79. The molecule has 2 heterocycles. The van der Waals surface area contributed by atoms with Crippen molar-refractivity contribution in [2.24, 2.45) is 11.1 Å². The molecule has 1 aliphatic heterocycles. The van der Waals surface area contributed by atoms with Gasteiger partial charge in [0, 0.05) is 42.6 Å². The van der Waals surface area contributed by atoms with Crippen molar-refractivity contribution >= 4 is 28.2 Å². The number of nitrogens with one attached hydrogen (secondary N) is 1. The van der Waals surface area contributed by atoms with Gasteiger partial charge in [0.1, 0.15) is 0 Å². The van der Waals surface area contributed by atoms with Crippen LogP contribution in [0.15, 0.2) is 24.3 Å². The molecule has 1 amide bonds. The van der Waals surface area contributed by atoms with Gasteiger partial charge in [0.2, 0.25) is 5.91 Å². The number of benzene rings is 1. The predicted octanol–water partition coefficient (Wildman–Crippen LogP) is 2.15. The van der Waals surface area contributed by atoms with Gasteiger partial charge in [-0.1, -0.05) is 12.1 Å². The Bertz CT molecular complexity index is 831. The smallest absolute Gasteiger partial charge is 0.295 e. The number of nitro groups is 1. The molecule has 1 aromatic heterocycles. The van der Waals surface area contributed by atoms with Gasteiger partial charge in [0.05, 0.1) is 10.3 Å². The number of carbonyl (C=O) groups excluding carboxylic acids is 1. The van der Waals surface area contributed by atoms with Crippen LogP contribution in [0.25, 0.3) is 10.9 Å². The number of aryl methyl sites for hydroxylation is 1. The first-order valence-electron chi connectivity index (χ1n) is 8.09. The number of pyridine rings is 1. The van der Waals surface area contributed by atoms with Gasteiger partial charge in [0.15, 0.2) is 5.52 Å². The average Bonchev–Trinajstić information content (AvgIpc) is 2.59. The molecule has 8 heteroatoms. The predicted molar refractivity (Wildman–Crippen MR) is 93.3 cm³/mol. The number of fused-ring (bicyclic) bond motifs is 1. The maximum atomic E-state index is 12.0. The monoisotopic (exact) mass is 344 g/mol. The Balaban J connectivity index is 1.97. The van der Waals surface area contributed by atoms with Crippen LogP contribution >= 0.6 is 0 Å². The summed E-state index contributed by atoms with van der Waals surface area (Å²) in [7, 11) is 0. The van der Waals surface area contributed by atoms with Gasteiger partial charge < -0.3 is 15.8 Å². The van der Waals surface area contributed by atoms with Crippen molar-refractivity contribution < 1.29 is 14.5 Å². The van der Waals surface area contributed by atoms with Gasteiger partial charge >= 0.3 is 0 Å². The number of amides is 1. The SMILES string of the molecule is Cc1cc(NCC2(C(N)=O)CCOCC2)c2cccc([N+](=O)[O-])c2n1. The molecule has 1 saturated heterocycles. The summed E-state index contributed by atoms with van der Waals surface area (Å²) >= 11 is 0. The second-order valence-electron chi connectivity index (χ2n) is 6.35. The molecule has 1 fully saturated rings. The Kier molecular flexibility index (Phi) is 4.54. The lowest BCUT2D eigenvalue weighted by Gasteiger charge is -2.34. The Morgan fingerprint density at radius 3 is 2.80 bits per heavy atom. The van der Waals surface area contributed by atoms with E-state index in [0.717, 1.165) is 0 Å². The highest BCUT2D eigenvalue weighted by molar-refractivity contribution is 5.97. The standard InChI is InChI=1S/C17H20N4O4/c1-11-9-13(12-3-2-4-14(21(23)24)15(12)20-11)19-10-17(16(18)22)5-7-25-8-6-17/h2-4,9H,5-8,10H2,1H3,(H2,18,22)(H,19,20). The molecule has 8 nitrogen and oxygen atoms in total. The maximum Gasteiger partial charge on any atom is 0.295 e. The zero-order valence-electron chi connectivity index (χ0n) is 13.9. The normalized spacial score (nSPS) is 16.5. The van der Waals surface area contributed by atoms with E-state index in [2.05, 4.69) is 10.3 Å². The molecule has 1 aliphatic rings. The summed E-state index contributed by atoms with van der Waals surface area (Å²) < 4.78 is 5.34. The fourth-order valence-corrected chi connectivity index (χ4v) is 3.19. The number of nitrogens with zero attached hydrogens (tertiary/aromatic N) is 2. The van der Waals surface area contributed by atoms with E-state index in [9.17, 15) is 14.9 Å². The van der Waals surface area contributed by atoms with Crippen LogP contribution in [0.5, 0.6) is 0 Å². The van der Waals surface area contributed by atoms with E-state index in [1.54, 1.807) is 19.1 Å². The molecule has 0 atom stereocenters. The van der Waals surface area contributed by atoms with Crippen LogP contribution in [0.1, 0.15) is 18.5 Å². The molecular weight excluding hydrogens is 324 g/mol. The molecule has 25 heavy (non-hydrogen) atoms. The average molecular weight is 344 g/mol. The van der Waals surface area contributed by atoms with Gasteiger partial charge in [0.25, 0.3) is 5.69 Å². The molecule has 0 unspecified atom stereocenters. The quantitative estimate of drug-likeness (QED) is 0.633. The first-order valence-corrected chi connectivity index (χ1v) is 8.09. The summed E-state index contributed by atoms with van der Waals surface area (Å²) in [5.41, 5.74) is 6.61. The maximum absolute atomic E-state index is 12.0. The zero-order chi connectivity index (χ0) is 18.0. The third-order valence-electron chi connectivity index (χ3n) is 4.73. The van der Waals surface area contributed by atoms with Crippen LogP contribution in [0.4, 0.5) is 11.4 Å². The number of anilines is 1. The number of ether oxygens (including phenoxy) is 1. The summed E-state index contributed by atoms with van der Waals surface area (Å²) in [5.74, 6) is -0.357. The summed E-state index contributed by atoms with van der Waals surface area (Å²) in [5, 5.41) is 15.2. The lowest BCUT2D eigenvalue weighted by molar-refractivity contribution is -0.383. The fraction of sp³-hybridized carbons (Fsp3) is 0.412. The van der Waals surface area contributed by atoms with Crippen LogP contribution < -0.4 is 11.1 Å². The summed E-state index contributed by atoms with van der Waals surface area (Å²) in [6.07, 6.45) is 1.11. The number of nitrogens with two attached hydrogens (primary N) is 1. The number of para-hydroxylation sites is 1. The van der Waals surface area contributed by atoms with E-state index in [1.807, 2.05) is 6.07 Å². The van der Waals surface area contributed by atoms with Crippen LogP contribution in [0.3, 0.4) is 0 Å². The van der Waals surface area contributed by atoms with E-state index in [0.29, 0.717) is 54.9 Å². The van der Waals surface area contributed by atoms with E-state index >= 15 is 0 Å². The van der Waals surface area contributed by atoms with Gasteiger partial charge in [-0.2, -0.15) is 0 Å². The topological polar surface area (TPSA) is 120 Å². The van der Waals surface area contributed by atoms with E-state index < -0.39 is 10.3 Å². The number of nitro benzene ring substituents is 1. The minimum Gasteiger partial charge on any atom is -0.383 e. The summed E-state index contributed by atoms with van der Waals surface area (Å²) in [4.78, 5) is 27.1. The van der Waals surface area contributed by atoms with Crippen LogP contribution in [-0.4, -0.2) is 35.6 Å². The number of hydrogen-bond donors (Lipinski definition) is 2. The molecule has 0 saturated carbocycles. The molecule has 132 valence electrons. The van der Waals surface area contributed by atoms with Gasteiger partial charge in [-0.25, -0.2) is 4.98 Å². The third kappa shape index (κ3) is 3.25. The van der Waals surface area contributed by atoms with E-state index in [-0.39, 0.29) is 11.6 Å². The number of non-ortho nitro benzene ring substituents is 1. The van der Waals surface area contributed by atoms with Gasteiger partial charge in [-0.05, 0) is 25.8 Å². The van der Waals surface area contributed by atoms with Gasteiger partial charge in [-0.3, -0.25) is 14.9 Å². The van der Waals surface area contributed by atoms with Crippen LogP contribution in [0.2, 0.25) is 0 Å². The Labute approximate surface area is 144 Å². The van der Waals surface area contributed by atoms with E-state index in [1.165, 1.54) is 6.07 Å². The van der Waals surface area contributed by atoms with Crippen molar-refractivity contribution in [3.05, 3.63) is 40.1 Å². The molecular formula is C17H20N4O4. The number of aromatic nitrogens is 1. The number of primary amides is 1. The van der Waals surface area contributed by atoms with Crippen molar-refractivity contribution in [3.63, 3.8) is 0 Å².